The van der Waals surface area contributed by atoms with Gasteiger partial charge in [0, 0.05) is 74.0 Å². The van der Waals surface area contributed by atoms with E-state index in [0.29, 0.717) is 43.8 Å². The van der Waals surface area contributed by atoms with Gasteiger partial charge in [-0.05, 0) is 42.7 Å². The van der Waals surface area contributed by atoms with Crippen LogP contribution in [-0.2, 0) is 42.1 Å². The van der Waals surface area contributed by atoms with Gasteiger partial charge in [-0.3, -0.25) is 24.8 Å². The van der Waals surface area contributed by atoms with Crippen molar-refractivity contribution < 1.29 is 52.3 Å². The molecule has 14 nitrogen and oxygen atoms in total. The first-order valence-electron chi connectivity index (χ1n) is 18.8. The molecule has 5 rings (SSSR count). The summed E-state index contributed by atoms with van der Waals surface area (Å²) < 4.78 is 48.9. The van der Waals surface area contributed by atoms with Crippen LogP contribution in [0.1, 0.15) is 43.9 Å². The van der Waals surface area contributed by atoms with Gasteiger partial charge in [-0.25, -0.2) is 8.42 Å². The van der Waals surface area contributed by atoms with Gasteiger partial charge in [-0.2, -0.15) is 0 Å². The highest BCUT2D eigenvalue weighted by molar-refractivity contribution is 7.90. The molecule has 3 aromatic rings. The summed E-state index contributed by atoms with van der Waals surface area (Å²) in [5, 5.41) is 33.1. The van der Waals surface area contributed by atoms with E-state index in [1.807, 2.05) is 47.4 Å². The van der Waals surface area contributed by atoms with Crippen molar-refractivity contribution >= 4 is 38.9 Å². The lowest BCUT2D eigenvalue weighted by Gasteiger charge is -2.47. The lowest BCUT2D eigenvalue weighted by atomic mass is 9.65. The van der Waals surface area contributed by atoms with Crippen molar-refractivity contribution in [2.75, 3.05) is 52.8 Å². The molecule has 0 saturated carbocycles. The smallest absolute Gasteiger partial charge is 0.326 e. The van der Waals surface area contributed by atoms with Gasteiger partial charge < -0.3 is 34.3 Å². The van der Waals surface area contributed by atoms with Gasteiger partial charge in [0.25, 0.3) is 0 Å². The molecule has 2 aliphatic rings. The Kier molecular flexibility index (Phi) is 14.4. The molecule has 2 aromatic carbocycles. The molecule has 4 atom stereocenters. The fourth-order valence-electron chi connectivity index (χ4n) is 7.03. The molecule has 1 aromatic heterocycles. The number of aliphatic carboxylic acids is 1. The number of halogens is 1. The molecule has 1 saturated heterocycles. The third kappa shape index (κ3) is 10.3. The highest BCUT2D eigenvalue weighted by Crippen LogP contribution is 2.49. The van der Waals surface area contributed by atoms with Crippen molar-refractivity contribution in [3.8, 4) is 11.5 Å². The fraction of sp³-hybridized carbons (Fsp3) is 0.452. The van der Waals surface area contributed by atoms with E-state index in [1.165, 1.54) is 32.5 Å². The molecule has 1 aliphatic heterocycles. The Hall–Kier alpha value is -4.35. The first kappa shape index (κ1) is 44.7. The quantitative estimate of drug-likeness (QED) is 0.0986. The van der Waals surface area contributed by atoms with Crippen molar-refractivity contribution in [2.45, 2.75) is 62.5 Å². The predicted molar refractivity (Wildman–Crippen MR) is 217 cm³/mol. The normalized spacial score (nSPS) is 21.6. The number of carboxylic acids is 1. The minimum Gasteiger partial charge on any atom is -0.488 e. The van der Waals surface area contributed by atoms with Gasteiger partial charge in [0.2, 0.25) is 0 Å². The first-order chi connectivity index (χ1) is 27.4. The number of nitrogens with one attached hydrogen (secondary N) is 1. The summed E-state index contributed by atoms with van der Waals surface area (Å²) >= 11 is 6.87. The molecule has 1 aliphatic carbocycles. The number of pyridine rings is 1. The minimum absolute atomic E-state index is 0.00615. The molecule has 4 unspecified atom stereocenters. The van der Waals surface area contributed by atoms with Crippen LogP contribution in [0.2, 0.25) is 5.02 Å². The maximum absolute atomic E-state index is 12.2. The number of esters is 1. The number of likely N-dealkylation sites (tertiary alicyclic amines) is 1. The summed E-state index contributed by atoms with van der Waals surface area (Å²) in [4.78, 5) is 30.2. The third-order valence-electron chi connectivity index (χ3n) is 10.9. The number of carboxylic acid groups (broad SMARTS) is 1. The number of benzene rings is 2. The lowest BCUT2D eigenvalue weighted by molar-refractivity contribution is -0.148. The zero-order valence-electron chi connectivity index (χ0n) is 33.3. The second kappa shape index (κ2) is 18.7. The number of hydrogen-bond acceptors (Lipinski definition) is 13. The summed E-state index contributed by atoms with van der Waals surface area (Å²) in [6, 6.07) is 14.6. The van der Waals surface area contributed by atoms with Gasteiger partial charge in [-0.1, -0.05) is 67.9 Å². The largest absolute Gasteiger partial charge is 0.488 e. The molecule has 0 spiro atoms. The van der Waals surface area contributed by atoms with Gasteiger partial charge in [0.1, 0.15) is 35.9 Å². The molecule has 4 N–H and O–H groups in total. The van der Waals surface area contributed by atoms with E-state index in [1.54, 1.807) is 12.1 Å². The predicted octanol–water partition coefficient (Wildman–Crippen LogP) is 4.31. The molecular weight excluding hydrogens is 790 g/mol. The van der Waals surface area contributed by atoms with Gasteiger partial charge in [-0.15, -0.1) is 0 Å². The number of methoxy groups -OCH3 is 1. The molecule has 1 fully saturated rings. The lowest BCUT2D eigenvalue weighted by Crippen LogP contribution is -2.52. The number of ether oxygens (including phenoxy) is 4. The highest BCUT2D eigenvalue weighted by atomic mass is 35.5. The standard InChI is InChI=1S/C42H52ClN3O11S/c1-40(2)33(29-11-7-6-8-12-29)13-9-14-42(40,57-16-10-15-46-23-32(35(48)24-46)38(49)54-4)27-56-37-19-36(55-25-28-17-31(22-44-20-28)58(5,52)53)30(18-34(37)43)21-45-41(3,26-47)39(50)51/h6-9,11-14,17-20,22,32,35,45,47-48H,10,15-16,21,23-27H2,1-5H3,(H,50,51). The number of carbonyl (C=O) groups excluding carboxylic acids is 1. The Morgan fingerprint density at radius 1 is 1.09 bits per heavy atom. The molecular formula is C42H52ClN3O11S. The highest BCUT2D eigenvalue weighted by Gasteiger charge is 2.49. The van der Waals surface area contributed by atoms with Crippen molar-refractivity contribution in [1.29, 1.82) is 0 Å². The monoisotopic (exact) mass is 841 g/mol. The third-order valence-corrected chi connectivity index (χ3v) is 12.3. The van der Waals surface area contributed by atoms with E-state index in [4.69, 9.17) is 30.5 Å². The molecule has 0 amide bonds. The zero-order valence-corrected chi connectivity index (χ0v) is 34.9. The van der Waals surface area contributed by atoms with Crippen molar-refractivity contribution in [3.63, 3.8) is 0 Å². The van der Waals surface area contributed by atoms with Crippen molar-refractivity contribution in [2.24, 2.45) is 11.3 Å². The van der Waals surface area contributed by atoms with E-state index in [2.05, 4.69) is 30.2 Å². The SMILES string of the molecule is COC(=O)C1CN(CCCOC2(COc3cc(OCc4cncc(S(C)(=O)=O)c4)c(CNC(C)(CO)C(=O)O)cc3Cl)C=CC=C(c3ccccc3)C2(C)C)CC1O. The van der Waals surface area contributed by atoms with Crippen LogP contribution in [0.15, 0.2) is 84.0 Å². The Bertz CT molecular complexity index is 2110. The number of aliphatic hydroxyl groups excluding tert-OH is 2. The van der Waals surface area contributed by atoms with Crippen molar-refractivity contribution in [1.82, 2.24) is 15.2 Å². The number of aliphatic hydroxyl groups is 2. The van der Waals surface area contributed by atoms with Crippen LogP contribution in [-0.4, -0.2) is 116 Å². The molecule has 0 radical (unpaired) electrons. The van der Waals surface area contributed by atoms with Crippen molar-refractivity contribution in [3.05, 3.63) is 101 Å². The van der Waals surface area contributed by atoms with Crippen LogP contribution in [0.25, 0.3) is 5.57 Å². The molecule has 16 heteroatoms. The number of allylic oxidation sites excluding steroid dienone is 2. The average molecular weight is 842 g/mol. The topological polar surface area (TPSA) is 194 Å². The van der Waals surface area contributed by atoms with Crippen LogP contribution >= 0.6 is 11.6 Å². The van der Waals surface area contributed by atoms with Crippen LogP contribution in [0.5, 0.6) is 11.5 Å². The summed E-state index contributed by atoms with van der Waals surface area (Å²) in [7, 11) is -2.22. The molecule has 58 heavy (non-hydrogen) atoms. The maximum atomic E-state index is 12.2. The number of β-amino-alcohol motifs (C(OH)–C–C–N with tert-alkyl or cyclic N) is 1. The summed E-state index contributed by atoms with van der Waals surface area (Å²) in [6.07, 6.45) is 9.57. The summed E-state index contributed by atoms with van der Waals surface area (Å²) in [5.74, 6) is -1.78. The summed E-state index contributed by atoms with van der Waals surface area (Å²) in [6.45, 7) is 6.31. The van der Waals surface area contributed by atoms with E-state index in [-0.39, 0.29) is 41.2 Å². The van der Waals surface area contributed by atoms with Crippen LogP contribution < -0.4 is 14.8 Å². The van der Waals surface area contributed by atoms with E-state index in [0.717, 1.165) is 17.4 Å². The van der Waals surface area contributed by atoms with E-state index in [9.17, 15) is 33.3 Å². The number of carbonyl (C=O) groups is 2. The average Bonchev–Trinajstić information content (AvgIpc) is 3.57. The number of hydrogen-bond donors (Lipinski definition) is 4. The molecule has 2 heterocycles. The Morgan fingerprint density at radius 2 is 1.83 bits per heavy atom. The zero-order chi connectivity index (χ0) is 42.3. The Morgan fingerprint density at radius 3 is 2.50 bits per heavy atom. The minimum atomic E-state index is -3.54. The van der Waals surface area contributed by atoms with Gasteiger partial charge >= 0.3 is 11.9 Å². The van der Waals surface area contributed by atoms with Gasteiger partial charge in [0.15, 0.2) is 9.84 Å². The Balaban J connectivity index is 1.42. The molecule has 314 valence electrons. The van der Waals surface area contributed by atoms with E-state index < -0.39 is 57.0 Å². The maximum Gasteiger partial charge on any atom is 0.326 e. The molecule has 0 bridgehead atoms. The number of sulfone groups is 1. The van der Waals surface area contributed by atoms with Crippen LogP contribution in [0, 0.1) is 11.3 Å². The number of aromatic nitrogens is 1. The second-order valence-electron chi connectivity index (χ2n) is 15.4. The number of nitrogens with zero attached hydrogens (tertiary/aromatic N) is 2. The van der Waals surface area contributed by atoms with E-state index >= 15 is 0 Å². The van der Waals surface area contributed by atoms with Crippen LogP contribution in [0.4, 0.5) is 0 Å². The number of rotatable bonds is 19. The fourth-order valence-corrected chi connectivity index (χ4v) is 7.89. The van der Waals surface area contributed by atoms with Gasteiger partial charge in [0.05, 0.1) is 35.7 Å². The Labute approximate surface area is 344 Å². The first-order valence-corrected chi connectivity index (χ1v) is 21.1. The summed E-state index contributed by atoms with van der Waals surface area (Å²) in [5.41, 5.74) is -0.395. The van der Waals surface area contributed by atoms with Crippen LogP contribution in [0.3, 0.4) is 0 Å². The second-order valence-corrected chi connectivity index (χ2v) is 17.8.